The first-order valence-corrected chi connectivity index (χ1v) is 6.45. The van der Waals surface area contributed by atoms with Crippen molar-refractivity contribution in [3.63, 3.8) is 0 Å². The maximum absolute atomic E-state index is 5.63. The number of para-hydroxylation sites is 1. The molecule has 0 N–H and O–H groups in total. The molecule has 0 radical (unpaired) electrons. The molecule has 2 heteroatoms. The van der Waals surface area contributed by atoms with Crippen molar-refractivity contribution >= 4 is 10.9 Å². The van der Waals surface area contributed by atoms with E-state index in [2.05, 4.69) is 48.7 Å². The van der Waals surface area contributed by atoms with Crippen LogP contribution >= 0.6 is 0 Å². The van der Waals surface area contributed by atoms with Gasteiger partial charge in [0, 0.05) is 24.4 Å². The molecule has 0 aliphatic carbocycles. The summed E-state index contributed by atoms with van der Waals surface area (Å²) >= 11 is 0. The number of hydrogen-bond acceptors (Lipinski definition) is 1. The van der Waals surface area contributed by atoms with Gasteiger partial charge in [0.2, 0.25) is 0 Å². The van der Waals surface area contributed by atoms with Crippen molar-refractivity contribution in [2.45, 2.75) is 33.2 Å². The van der Waals surface area contributed by atoms with Gasteiger partial charge < -0.3 is 9.30 Å². The van der Waals surface area contributed by atoms with E-state index < -0.39 is 0 Å². The van der Waals surface area contributed by atoms with Crippen molar-refractivity contribution in [3.8, 4) is 0 Å². The number of fused-ring (bicyclic) bond motifs is 1. The lowest BCUT2D eigenvalue weighted by Crippen LogP contribution is -2.07. The number of ether oxygens (including phenoxy) is 1. The molecule has 0 fully saturated rings. The van der Waals surface area contributed by atoms with Crippen molar-refractivity contribution in [3.05, 3.63) is 36.0 Å². The summed E-state index contributed by atoms with van der Waals surface area (Å²) in [6.07, 6.45) is 2.36. The predicted octanol–water partition coefficient (Wildman–Crippen LogP) is 3.77. The summed E-state index contributed by atoms with van der Waals surface area (Å²) in [5.41, 5.74) is 2.62. The number of benzene rings is 1. The van der Waals surface area contributed by atoms with Gasteiger partial charge in [0.25, 0.3) is 0 Å². The van der Waals surface area contributed by atoms with Crippen LogP contribution in [-0.2, 0) is 11.3 Å². The summed E-state index contributed by atoms with van der Waals surface area (Å²) in [6, 6.07) is 10.8. The molecule has 0 saturated heterocycles. The largest absolute Gasteiger partial charge is 0.380 e. The molecular weight excluding hydrogens is 210 g/mol. The average Bonchev–Trinajstić information content (AvgIpc) is 2.65. The van der Waals surface area contributed by atoms with E-state index in [0.29, 0.717) is 0 Å². The number of aromatic nitrogens is 1. The third-order valence-corrected chi connectivity index (χ3v) is 3.12. The molecule has 0 spiro atoms. The Balaban J connectivity index is 2.00. The topological polar surface area (TPSA) is 14.2 Å². The van der Waals surface area contributed by atoms with E-state index in [4.69, 9.17) is 4.74 Å². The van der Waals surface area contributed by atoms with Gasteiger partial charge in [-0.15, -0.1) is 0 Å². The van der Waals surface area contributed by atoms with Crippen LogP contribution in [0.15, 0.2) is 30.3 Å². The van der Waals surface area contributed by atoms with Crippen LogP contribution in [-0.4, -0.2) is 17.8 Å². The molecule has 0 atom stereocenters. The number of nitrogens with zero attached hydrogens (tertiary/aromatic N) is 1. The smallest absolute Gasteiger partial charge is 0.0645 e. The highest BCUT2D eigenvalue weighted by Crippen LogP contribution is 2.18. The molecule has 0 aliphatic rings. The molecule has 17 heavy (non-hydrogen) atoms. The van der Waals surface area contributed by atoms with Gasteiger partial charge in [0.15, 0.2) is 0 Å². The minimum absolute atomic E-state index is 0.805. The summed E-state index contributed by atoms with van der Waals surface area (Å²) in [6.45, 7) is 6.98. The average molecular weight is 231 g/mol. The van der Waals surface area contributed by atoms with Crippen LogP contribution in [0, 0.1) is 6.92 Å². The van der Waals surface area contributed by atoms with Crippen molar-refractivity contribution in [2.24, 2.45) is 0 Å². The van der Waals surface area contributed by atoms with Crippen LogP contribution in [0.25, 0.3) is 10.9 Å². The molecule has 1 heterocycles. The highest BCUT2D eigenvalue weighted by Gasteiger charge is 2.03. The van der Waals surface area contributed by atoms with Crippen LogP contribution in [0.1, 0.15) is 25.5 Å². The highest BCUT2D eigenvalue weighted by molar-refractivity contribution is 5.81. The number of aryl methyl sites for hydroxylation is 1. The third kappa shape index (κ3) is 2.89. The second-order valence-corrected chi connectivity index (χ2v) is 4.46. The number of rotatable bonds is 6. The zero-order valence-electron chi connectivity index (χ0n) is 10.8. The summed E-state index contributed by atoms with van der Waals surface area (Å²) in [4.78, 5) is 0. The fourth-order valence-electron chi connectivity index (χ4n) is 2.15. The van der Waals surface area contributed by atoms with Crippen LogP contribution in [0.2, 0.25) is 0 Å². The molecule has 0 bridgehead atoms. The van der Waals surface area contributed by atoms with Gasteiger partial charge in [-0.1, -0.05) is 31.5 Å². The Bertz CT molecular complexity index is 473. The highest BCUT2D eigenvalue weighted by atomic mass is 16.5. The standard InChI is InChI=1S/C15H21NO/c1-3-4-10-17-11-9-16-13(2)12-14-7-5-6-8-15(14)16/h5-8,12H,3-4,9-11H2,1-2H3. The lowest BCUT2D eigenvalue weighted by Gasteiger charge is -2.08. The van der Waals surface area contributed by atoms with Gasteiger partial charge in [0.1, 0.15) is 0 Å². The van der Waals surface area contributed by atoms with E-state index in [1.54, 1.807) is 0 Å². The third-order valence-electron chi connectivity index (χ3n) is 3.12. The van der Waals surface area contributed by atoms with Gasteiger partial charge >= 0.3 is 0 Å². The van der Waals surface area contributed by atoms with Crippen molar-refractivity contribution < 1.29 is 4.74 Å². The lowest BCUT2D eigenvalue weighted by molar-refractivity contribution is 0.124. The Morgan fingerprint density at radius 1 is 1.18 bits per heavy atom. The monoisotopic (exact) mass is 231 g/mol. The number of hydrogen-bond donors (Lipinski definition) is 0. The molecule has 1 aromatic carbocycles. The fourth-order valence-corrected chi connectivity index (χ4v) is 2.15. The molecule has 0 aliphatic heterocycles. The minimum Gasteiger partial charge on any atom is -0.380 e. The van der Waals surface area contributed by atoms with Crippen LogP contribution < -0.4 is 0 Å². The SMILES string of the molecule is CCCCOCCn1c(C)cc2ccccc21. The van der Waals surface area contributed by atoms with Gasteiger partial charge in [-0.2, -0.15) is 0 Å². The lowest BCUT2D eigenvalue weighted by atomic mass is 10.2. The molecule has 2 nitrogen and oxygen atoms in total. The molecule has 92 valence electrons. The van der Waals surface area contributed by atoms with E-state index >= 15 is 0 Å². The Labute approximate surface area is 103 Å². The van der Waals surface area contributed by atoms with Crippen molar-refractivity contribution in [2.75, 3.05) is 13.2 Å². The zero-order chi connectivity index (χ0) is 12.1. The first-order valence-electron chi connectivity index (χ1n) is 6.45. The molecule has 2 aromatic rings. The summed E-state index contributed by atoms with van der Waals surface area (Å²) in [5.74, 6) is 0. The van der Waals surface area contributed by atoms with Crippen molar-refractivity contribution in [1.29, 1.82) is 0 Å². The maximum atomic E-state index is 5.63. The first-order chi connectivity index (χ1) is 8.33. The molecular formula is C15H21NO. The quantitative estimate of drug-likeness (QED) is 0.690. The van der Waals surface area contributed by atoms with Gasteiger partial charge in [0.05, 0.1) is 6.61 Å². The van der Waals surface area contributed by atoms with Crippen LogP contribution in [0.4, 0.5) is 0 Å². The number of unbranched alkanes of at least 4 members (excludes halogenated alkanes) is 1. The summed E-state index contributed by atoms with van der Waals surface area (Å²) in [5, 5.41) is 1.32. The molecule has 2 rings (SSSR count). The fraction of sp³-hybridized carbons (Fsp3) is 0.467. The Morgan fingerprint density at radius 3 is 2.82 bits per heavy atom. The van der Waals surface area contributed by atoms with Gasteiger partial charge in [-0.3, -0.25) is 0 Å². The predicted molar refractivity (Wildman–Crippen MR) is 72.4 cm³/mol. The second-order valence-electron chi connectivity index (χ2n) is 4.46. The maximum Gasteiger partial charge on any atom is 0.0645 e. The summed E-state index contributed by atoms with van der Waals surface area (Å²) < 4.78 is 7.97. The Morgan fingerprint density at radius 2 is 2.00 bits per heavy atom. The zero-order valence-corrected chi connectivity index (χ0v) is 10.8. The van der Waals surface area contributed by atoms with Crippen molar-refractivity contribution in [1.82, 2.24) is 4.57 Å². The molecule has 0 unspecified atom stereocenters. The van der Waals surface area contributed by atoms with Gasteiger partial charge in [-0.25, -0.2) is 0 Å². The van der Waals surface area contributed by atoms with Gasteiger partial charge in [-0.05, 0) is 30.9 Å². The Kier molecular flexibility index (Phi) is 4.21. The van der Waals surface area contributed by atoms with E-state index in [0.717, 1.165) is 26.2 Å². The first kappa shape index (κ1) is 12.2. The van der Waals surface area contributed by atoms with E-state index in [9.17, 15) is 0 Å². The van der Waals surface area contributed by atoms with E-state index in [1.165, 1.54) is 23.0 Å². The molecule has 1 aromatic heterocycles. The van der Waals surface area contributed by atoms with Crippen LogP contribution in [0.5, 0.6) is 0 Å². The Hall–Kier alpha value is -1.28. The molecule has 0 saturated carbocycles. The van der Waals surface area contributed by atoms with E-state index in [1.807, 2.05) is 0 Å². The van der Waals surface area contributed by atoms with E-state index in [-0.39, 0.29) is 0 Å². The summed E-state index contributed by atoms with van der Waals surface area (Å²) in [7, 11) is 0. The minimum atomic E-state index is 0.805. The van der Waals surface area contributed by atoms with Crippen LogP contribution in [0.3, 0.4) is 0 Å². The normalized spacial score (nSPS) is 11.2. The molecule has 0 amide bonds. The second kappa shape index (κ2) is 5.87.